The fraction of sp³-hybridized carbons (Fsp3) is 0.880. The third kappa shape index (κ3) is 4.55. The summed E-state index contributed by atoms with van der Waals surface area (Å²) in [6.07, 6.45) is 22.6. The Kier molecular flexibility index (Phi) is 7.25. The fourth-order valence-corrected chi connectivity index (χ4v) is 6.45. The minimum Gasteiger partial charge on any atom is -0.197 e. The predicted molar refractivity (Wildman–Crippen MR) is 111 cm³/mol. The Balaban J connectivity index is 1.53. The molecule has 3 aliphatic rings. The van der Waals surface area contributed by atoms with Crippen molar-refractivity contribution in [1.82, 2.24) is 0 Å². The van der Waals surface area contributed by atoms with Gasteiger partial charge in [-0.15, -0.1) is 0 Å². The topological polar surface area (TPSA) is 23.8 Å². The first-order chi connectivity index (χ1) is 12.7. The zero-order valence-electron chi connectivity index (χ0n) is 17.4. The van der Waals surface area contributed by atoms with E-state index in [0.29, 0.717) is 0 Å². The minimum absolute atomic E-state index is 0.0893. The quantitative estimate of drug-likeness (QED) is 0.445. The van der Waals surface area contributed by atoms with Crippen molar-refractivity contribution in [1.29, 1.82) is 5.26 Å². The third-order valence-corrected chi connectivity index (χ3v) is 8.19. The summed E-state index contributed by atoms with van der Waals surface area (Å²) in [5, 5.41) is 10.0. The highest BCUT2D eigenvalue weighted by molar-refractivity contribution is 5.26. The van der Waals surface area contributed by atoms with Crippen LogP contribution in [0.1, 0.15) is 110 Å². The van der Waals surface area contributed by atoms with Crippen LogP contribution in [-0.4, -0.2) is 0 Å². The summed E-state index contributed by atoms with van der Waals surface area (Å²) in [4.78, 5) is 0. The SMILES string of the molecule is CCCC1CCC(C2CC=C(C3(C#N)CCC(CCC)CC3)CC2)CC1. The van der Waals surface area contributed by atoms with Gasteiger partial charge in [-0.2, -0.15) is 5.26 Å². The predicted octanol–water partition coefficient (Wildman–Crippen LogP) is 7.82. The van der Waals surface area contributed by atoms with Gasteiger partial charge in [-0.25, -0.2) is 0 Å². The van der Waals surface area contributed by atoms with Crippen LogP contribution in [0.3, 0.4) is 0 Å². The van der Waals surface area contributed by atoms with Gasteiger partial charge in [0.2, 0.25) is 0 Å². The number of allylic oxidation sites excluding steroid dienone is 2. The third-order valence-electron chi connectivity index (χ3n) is 8.19. The largest absolute Gasteiger partial charge is 0.197 e. The van der Waals surface area contributed by atoms with E-state index in [1.807, 2.05) is 0 Å². The molecule has 0 heterocycles. The molecule has 3 rings (SSSR count). The van der Waals surface area contributed by atoms with Gasteiger partial charge >= 0.3 is 0 Å². The van der Waals surface area contributed by atoms with Gasteiger partial charge < -0.3 is 0 Å². The van der Waals surface area contributed by atoms with Crippen LogP contribution in [0, 0.1) is 40.4 Å². The van der Waals surface area contributed by atoms with E-state index >= 15 is 0 Å². The number of hydrogen-bond acceptors (Lipinski definition) is 1. The Bertz CT molecular complexity index is 495. The van der Waals surface area contributed by atoms with E-state index in [1.165, 1.54) is 89.0 Å². The summed E-state index contributed by atoms with van der Waals surface area (Å²) in [5.41, 5.74) is 1.44. The molecule has 0 amide bonds. The van der Waals surface area contributed by atoms with Crippen LogP contribution in [0.2, 0.25) is 0 Å². The van der Waals surface area contributed by atoms with Gasteiger partial charge in [0.15, 0.2) is 0 Å². The van der Waals surface area contributed by atoms with Crippen LogP contribution in [0.25, 0.3) is 0 Å². The fourth-order valence-electron chi connectivity index (χ4n) is 6.45. The van der Waals surface area contributed by atoms with E-state index in [-0.39, 0.29) is 5.41 Å². The van der Waals surface area contributed by atoms with E-state index in [1.54, 1.807) is 0 Å². The molecule has 0 aromatic heterocycles. The average molecular weight is 356 g/mol. The second kappa shape index (κ2) is 9.43. The average Bonchev–Trinajstić information content (AvgIpc) is 2.70. The molecule has 0 aromatic rings. The van der Waals surface area contributed by atoms with Gasteiger partial charge in [-0.1, -0.05) is 64.0 Å². The van der Waals surface area contributed by atoms with Crippen molar-refractivity contribution in [2.45, 2.75) is 110 Å². The van der Waals surface area contributed by atoms with Crippen LogP contribution in [-0.2, 0) is 0 Å². The summed E-state index contributed by atoms with van der Waals surface area (Å²) in [5.74, 6) is 3.79. The highest BCUT2D eigenvalue weighted by Gasteiger charge is 2.40. The van der Waals surface area contributed by atoms with Crippen LogP contribution in [0.15, 0.2) is 11.6 Å². The zero-order valence-corrected chi connectivity index (χ0v) is 17.4. The van der Waals surface area contributed by atoms with Gasteiger partial charge in [0.25, 0.3) is 0 Å². The molecule has 0 radical (unpaired) electrons. The Hall–Kier alpha value is -0.770. The van der Waals surface area contributed by atoms with Gasteiger partial charge in [0, 0.05) is 0 Å². The molecular formula is C25H41N. The molecular weight excluding hydrogens is 314 g/mol. The van der Waals surface area contributed by atoms with Crippen molar-refractivity contribution in [2.75, 3.05) is 0 Å². The van der Waals surface area contributed by atoms with Crippen LogP contribution in [0.5, 0.6) is 0 Å². The normalized spacial score (nSPS) is 38.4. The molecule has 1 heteroatoms. The van der Waals surface area contributed by atoms with Crippen molar-refractivity contribution in [3.63, 3.8) is 0 Å². The molecule has 2 fully saturated rings. The van der Waals surface area contributed by atoms with Crippen LogP contribution in [0.4, 0.5) is 0 Å². The van der Waals surface area contributed by atoms with Gasteiger partial charge in [0.1, 0.15) is 0 Å². The lowest BCUT2D eigenvalue weighted by atomic mass is 9.62. The number of nitrogens with zero attached hydrogens (tertiary/aromatic N) is 1. The molecule has 1 atom stereocenters. The van der Waals surface area contributed by atoms with Crippen molar-refractivity contribution >= 4 is 0 Å². The molecule has 1 nitrogen and oxygen atoms in total. The maximum absolute atomic E-state index is 10.0. The highest BCUT2D eigenvalue weighted by atomic mass is 14.5. The monoisotopic (exact) mass is 355 g/mol. The van der Waals surface area contributed by atoms with E-state index in [0.717, 1.165) is 36.5 Å². The van der Waals surface area contributed by atoms with Gasteiger partial charge in [0.05, 0.1) is 11.5 Å². The Labute approximate surface area is 162 Å². The zero-order chi connectivity index (χ0) is 18.4. The molecule has 0 bridgehead atoms. The number of hydrogen-bond donors (Lipinski definition) is 0. The summed E-state index contributed by atoms with van der Waals surface area (Å²) in [6, 6.07) is 2.80. The maximum atomic E-state index is 10.0. The smallest absolute Gasteiger partial charge is 0.0782 e. The first-order valence-corrected chi connectivity index (χ1v) is 11.8. The van der Waals surface area contributed by atoms with Gasteiger partial charge in [-0.3, -0.25) is 0 Å². The Morgan fingerprint density at radius 1 is 0.885 bits per heavy atom. The standard InChI is InChI=1S/C25H41N/c1-3-5-20-7-9-22(10-8-20)23-11-13-24(14-12-23)25(19-26)17-15-21(6-4-2)16-18-25/h13,20-23H,3-12,14-18H2,1-2H3. The van der Waals surface area contributed by atoms with Crippen molar-refractivity contribution in [3.8, 4) is 6.07 Å². The first-order valence-electron chi connectivity index (χ1n) is 11.8. The lowest BCUT2D eigenvalue weighted by Crippen LogP contribution is -2.31. The second-order valence-corrected chi connectivity index (χ2v) is 9.76. The molecule has 0 N–H and O–H groups in total. The molecule has 1 unspecified atom stereocenters. The summed E-state index contributed by atoms with van der Waals surface area (Å²) in [7, 11) is 0. The molecule has 2 saturated carbocycles. The van der Waals surface area contributed by atoms with Crippen LogP contribution < -0.4 is 0 Å². The van der Waals surface area contributed by atoms with E-state index in [2.05, 4.69) is 26.0 Å². The molecule has 0 saturated heterocycles. The Morgan fingerprint density at radius 2 is 1.50 bits per heavy atom. The summed E-state index contributed by atoms with van der Waals surface area (Å²) in [6.45, 7) is 4.63. The number of nitriles is 1. The molecule has 146 valence electrons. The van der Waals surface area contributed by atoms with E-state index in [4.69, 9.17) is 0 Å². The minimum atomic E-state index is -0.0893. The highest BCUT2D eigenvalue weighted by Crippen LogP contribution is 2.50. The first kappa shape index (κ1) is 20.0. The Morgan fingerprint density at radius 3 is 2.00 bits per heavy atom. The number of rotatable bonds is 6. The van der Waals surface area contributed by atoms with Crippen molar-refractivity contribution in [2.24, 2.45) is 29.1 Å². The molecule has 26 heavy (non-hydrogen) atoms. The van der Waals surface area contributed by atoms with Crippen molar-refractivity contribution < 1.29 is 0 Å². The lowest BCUT2D eigenvalue weighted by Gasteiger charge is -2.41. The maximum Gasteiger partial charge on any atom is 0.0782 e. The molecule has 3 aliphatic carbocycles. The van der Waals surface area contributed by atoms with E-state index < -0.39 is 0 Å². The van der Waals surface area contributed by atoms with Gasteiger partial charge in [-0.05, 0) is 81.5 Å². The lowest BCUT2D eigenvalue weighted by molar-refractivity contribution is 0.177. The summed E-state index contributed by atoms with van der Waals surface area (Å²) < 4.78 is 0. The van der Waals surface area contributed by atoms with Crippen molar-refractivity contribution in [3.05, 3.63) is 11.6 Å². The second-order valence-electron chi connectivity index (χ2n) is 9.76. The molecule has 0 spiro atoms. The summed E-state index contributed by atoms with van der Waals surface area (Å²) >= 11 is 0. The van der Waals surface area contributed by atoms with E-state index in [9.17, 15) is 5.26 Å². The van der Waals surface area contributed by atoms with Crippen LogP contribution >= 0.6 is 0 Å². The molecule has 0 aromatic carbocycles. The molecule has 0 aliphatic heterocycles.